The van der Waals surface area contributed by atoms with Crippen molar-refractivity contribution in [2.75, 3.05) is 13.2 Å². The topological polar surface area (TPSA) is 58.6 Å². The summed E-state index contributed by atoms with van der Waals surface area (Å²) in [4.78, 5) is 0. The minimum absolute atomic E-state index is 0.00944. The summed E-state index contributed by atoms with van der Waals surface area (Å²) in [7, 11) is -0.805. The van der Waals surface area contributed by atoms with Crippen LogP contribution in [0.5, 0.6) is 0 Å². The lowest BCUT2D eigenvalue weighted by molar-refractivity contribution is 0.180. The fourth-order valence-electron chi connectivity index (χ4n) is 0.126. The lowest BCUT2D eigenvalue weighted by Crippen LogP contribution is -2.13. The molecule has 0 saturated heterocycles. The van der Waals surface area contributed by atoms with Crippen molar-refractivity contribution in [1.82, 2.24) is 5.48 Å². The van der Waals surface area contributed by atoms with E-state index in [1.807, 2.05) is 0 Å². The van der Waals surface area contributed by atoms with Crippen molar-refractivity contribution in [2.24, 2.45) is 0 Å². The average molecular weight is 124 g/mol. The highest BCUT2D eigenvalue weighted by molar-refractivity contribution is 7.17. The van der Waals surface area contributed by atoms with Gasteiger partial charge >= 0.3 is 8.69 Å². The molecule has 7 heavy (non-hydrogen) atoms. The summed E-state index contributed by atoms with van der Waals surface area (Å²) >= 11 is 0. The molecule has 4 nitrogen and oxygen atoms in total. The first-order valence-corrected chi connectivity index (χ1v) is 2.60. The fourth-order valence-corrected chi connectivity index (χ4v) is 0.287. The van der Waals surface area contributed by atoms with Gasteiger partial charge in [-0.25, -0.2) is 0 Å². The van der Waals surface area contributed by atoms with Crippen molar-refractivity contribution in [3.8, 4) is 0 Å². The van der Waals surface area contributed by atoms with Gasteiger partial charge < -0.3 is 5.11 Å². The standard InChI is InChI=1S/C2H7NO3P/c4-2-1-3-6-7-5/h3-4,7H,1-2H2/q+1. The highest BCUT2D eigenvalue weighted by atomic mass is 31.1. The summed E-state index contributed by atoms with van der Waals surface area (Å²) in [6.07, 6.45) is 0. The van der Waals surface area contributed by atoms with E-state index < -0.39 is 8.69 Å². The van der Waals surface area contributed by atoms with Gasteiger partial charge in [-0.15, -0.1) is 5.48 Å². The summed E-state index contributed by atoms with van der Waals surface area (Å²) in [5.74, 6) is 0. The van der Waals surface area contributed by atoms with Crippen molar-refractivity contribution in [1.29, 1.82) is 0 Å². The predicted octanol–water partition coefficient (Wildman–Crippen LogP) is -0.561. The van der Waals surface area contributed by atoms with E-state index in [-0.39, 0.29) is 6.61 Å². The molecule has 0 heterocycles. The van der Waals surface area contributed by atoms with Gasteiger partial charge in [0.15, 0.2) is 0 Å². The van der Waals surface area contributed by atoms with E-state index in [9.17, 15) is 4.57 Å². The van der Waals surface area contributed by atoms with Gasteiger partial charge in [-0.1, -0.05) is 4.62 Å². The molecule has 0 fully saturated rings. The van der Waals surface area contributed by atoms with Gasteiger partial charge in [0.1, 0.15) is 0 Å². The second-order valence-electron chi connectivity index (χ2n) is 0.803. The van der Waals surface area contributed by atoms with Crippen LogP contribution in [0, 0.1) is 0 Å². The quantitative estimate of drug-likeness (QED) is 0.299. The first-order chi connectivity index (χ1) is 3.41. The van der Waals surface area contributed by atoms with Crippen LogP contribution in [0.3, 0.4) is 0 Å². The van der Waals surface area contributed by atoms with Crippen LogP contribution in [0.2, 0.25) is 0 Å². The highest BCUT2D eigenvalue weighted by Gasteiger charge is 1.85. The fraction of sp³-hybridized carbons (Fsp3) is 1.00. The highest BCUT2D eigenvalue weighted by Crippen LogP contribution is 1.85. The Hall–Kier alpha value is -0.0200. The van der Waals surface area contributed by atoms with Crippen molar-refractivity contribution in [2.45, 2.75) is 0 Å². The van der Waals surface area contributed by atoms with E-state index in [0.29, 0.717) is 6.54 Å². The molecule has 1 atom stereocenters. The molecule has 0 radical (unpaired) electrons. The summed E-state index contributed by atoms with van der Waals surface area (Å²) in [6, 6.07) is 0. The Morgan fingerprint density at radius 2 is 2.57 bits per heavy atom. The Bertz CT molecular complexity index is 50.2. The molecule has 0 aromatic heterocycles. The van der Waals surface area contributed by atoms with Gasteiger partial charge in [-0.3, -0.25) is 0 Å². The van der Waals surface area contributed by atoms with Crippen LogP contribution < -0.4 is 5.48 Å². The third-order valence-corrected chi connectivity index (χ3v) is 0.555. The van der Waals surface area contributed by atoms with Crippen molar-refractivity contribution in [3.05, 3.63) is 0 Å². The first kappa shape index (κ1) is 6.98. The maximum absolute atomic E-state index is 9.47. The molecule has 5 heteroatoms. The van der Waals surface area contributed by atoms with E-state index in [1.165, 1.54) is 0 Å². The van der Waals surface area contributed by atoms with Gasteiger partial charge in [0.05, 0.1) is 6.61 Å². The number of nitrogens with one attached hydrogen (secondary N) is 1. The number of aliphatic hydroxyl groups excluding tert-OH is 1. The first-order valence-electron chi connectivity index (χ1n) is 1.78. The maximum atomic E-state index is 9.47. The third kappa shape index (κ3) is 5.98. The number of aliphatic hydroxyl groups is 1. The van der Waals surface area contributed by atoms with Gasteiger partial charge in [-0.05, 0) is 4.57 Å². The predicted molar refractivity (Wildman–Crippen MR) is 25.2 cm³/mol. The van der Waals surface area contributed by atoms with Gasteiger partial charge in [0.2, 0.25) is 0 Å². The molecule has 0 spiro atoms. The van der Waals surface area contributed by atoms with Crippen LogP contribution in [0.25, 0.3) is 0 Å². The molecule has 1 unspecified atom stereocenters. The molecule has 0 rings (SSSR count). The van der Waals surface area contributed by atoms with Crippen LogP contribution >= 0.6 is 8.69 Å². The molecule has 0 aliphatic carbocycles. The number of hydrogen-bond acceptors (Lipinski definition) is 4. The van der Waals surface area contributed by atoms with Gasteiger partial charge in [0.25, 0.3) is 0 Å². The number of rotatable bonds is 4. The molecule has 0 aromatic carbocycles. The van der Waals surface area contributed by atoms with E-state index >= 15 is 0 Å². The third-order valence-electron chi connectivity index (χ3n) is 0.328. The normalized spacial score (nSPS) is 9.86. The van der Waals surface area contributed by atoms with Crippen LogP contribution in [-0.2, 0) is 9.19 Å². The Morgan fingerprint density at radius 1 is 1.86 bits per heavy atom. The monoisotopic (exact) mass is 124 g/mol. The summed E-state index contributed by atoms with van der Waals surface area (Å²) in [5, 5.41) is 8.05. The molecule has 0 aromatic rings. The lowest BCUT2D eigenvalue weighted by atomic mass is 10.8. The summed E-state index contributed by atoms with van der Waals surface area (Å²) in [6.45, 7) is 0.305. The van der Waals surface area contributed by atoms with Crippen LogP contribution in [0.4, 0.5) is 0 Å². The van der Waals surface area contributed by atoms with Crippen molar-refractivity contribution < 1.29 is 14.3 Å². The molecule has 42 valence electrons. The molecule has 0 saturated carbocycles. The van der Waals surface area contributed by atoms with E-state index in [1.54, 1.807) is 0 Å². The van der Waals surface area contributed by atoms with Crippen molar-refractivity contribution >= 4 is 8.69 Å². The zero-order chi connectivity index (χ0) is 5.54. The van der Waals surface area contributed by atoms with E-state index in [4.69, 9.17) is 5.11 Å². The van der Waals surface area contributed by atoms with Gasteiger partial charge in [-0.2, -0.15) is 0 Å². The van der Waals surface area contributed by atoms with E-state index in [0.717, 1.165) is 0 Å². The molecular formula is C2H7NO3P+. The Labute approximate surface area is 42.7 Å². The van der Waals surface area contributed by atoms with Crippen LogP contribution in [0.15, 0.2) is 0 Å². The maximum Gasteiger partial charge on any atom is 0.512 e. The Morgan fingerprint density at radius 3 is 3.00 bits per heavy atom. The minimum Gasteiger partial charge on any atom is -0.395 e. The minimum atomic E-state index is -0.805. The second-order valence-corrected chi connectivity index (χ2v) is 1.17. The second kappa shape index (κ2) is 5.98. The largest absolute Gasteiger partial charge is 0.512 e. The van der Waals surface area contributed by atoms with Crippen molar-refractivity contribution in [3.63, 3.8) is 0 Å². The number of hydrogen-bond donors (Lipinski definition) is 2. The zero-order valence-corrected chi connectivity index (χ0v) is 4.68. The molecular weight excluding hydrogens is 117 g/mol. The Balaban J connectivity index is 2.56. The smallest absolute Gasteiger partial charge is 0.395 e. The van der Waals surface area contributed by atoms with Crippen LogP contribution in [-0.4, -0.2) is 18.3 Å². The Kier molecular flexibility index (Phi) is 5.96. The summed E-state index contributed by atoms with van der Waals surface area (Å²) in [5.41, 5.74) is 2.23. The van der Waals surface area contributed by atoms with Gasteiger partial charge in [0, 0.05) is 6.54 Å². The van der Waals surface area contributed by atoms with Crippen LogP contribution in [0.1, 0.15) is 0 Å². The SMILES string of the molecule is O=[PH+]ONCCO. The van der Waals surface area contributed by atoms with E-state index in [2.05, 4.69) is 10.1 Å². The lowest BCUT2D eigenvalue weighted by Gasteiger charge is -1.84. The zero-order valence-electron chi connectivity index (χ0n) is 3.68. The number of hydroxylamine groups is 1. The molecule has 0 aliphatic rings. The molecule has 0 aliphatic heterocycles. The molecule has 0 bridgehead atoms. The summed E-state index contributed by atoms with van der Waals surface area (Å²) < 4.78 is 13.6. The average Bonchev–Trinajstić information content (AvgIpc) is 1.69. The molecule has 0 amide bonds. The molecule has 2 N–H and O–H groups in total.